The first-order valence-corrected chi connectivity index (χ1v) is 6.93. The first-order chi connectivity index (χ1) is 8.99. The van der Waals surface area contributed by atoms with Gasteiger partial charge in [0.1, 0.15) is 0 Å². The molecule has 1 aromatic carbocycles. The normalized spacial score (nSPS) is 10.8. The largest absolute Gasteiger partial charge is 0.379 e. The maximum absolute atomic E-state index is 11.8. The van der Waals surface area contributed by atoms with Gasteiger partial charge in [-0.1, -0.05) is 23.8 Å². The summed E-state index contributed by atoms with van der Waals surface area (Å²) in [7, 11) is 0. The molecule has 1 aromatic rings. The summed E-state index contributed by atoms with van der Waals surface area (Å²) in [6.07, 6.45) is 1.57. The van der Waals surface area contributed by atoms with Crippen molar-refractivity contribution in [3.8, 4) is 0 Å². The van der Waals surface area contributed by atoms with E-state index in [1.807, 2.05) is 32.9 Å². The molecule has 1 N–H and O–H groups in total. The Morgan fingerprint density at radius 2 is 2.05 bits per heavy atom. The van der Waals surface area contributed by atoms with Gasteiger partial charge < -0.3 is 10.1 Å². The molecule has 1 rings (SSSR count). The molecule has 0 aliphatic heterocycles. The van der Waals surface area contributed by atoms with Crippen LogP contribution in [0.3, 0.4) is 0 Å². The SMILES string of the molecule is Cc1ccc(CC(=O)NCCCOC(C)C)c(C)c1. The summed E-state index contributed by atoms with van der Waals surface area (Å²) in [4.78, 5) is 11.8. The monoisotopic (exact) mass is 263 g/mol. The number of ether oxygens (including phenoxy) is 1. The van der Waals surface area contributed by atoms with Crippen LogP contribution < -0.4 is 5.32 Å². The Morgan fingerprint density at radius 3 is 2.68 bits per heavy atom. The fourth-order valence-corrected chi connectivity index (χ4v) is 1.90. The van der Waals surface area contributed by atoms with E-state index in [1.165, 1.54) is 11.1 Å². The highest BCUT2D eigenvalue weighted by molar-refractivity contribution is 5.78. The van der Waals surface area contributed by atoms with Gasteiger partial charge in [0.15, 0.2) is 0 Å². The molecule has 19 heavy (non-hydrogen) atoms. The van der Waals surface area contributed by atoms with Gasteiger partial charge in [-0.2, -0.15) is 0 Å². The van der Waals surface area contributed by atoms with Crippen LogP contribution in [0.2, 0.25) is 0 Å². The van der Waals surface area contributed by atoms with Crippen molar-refractivity contribution >= 4 is 5.91 Å². The molecule has 106 valence electrons. The van der Waals surface area contributed by atoms with Crippen LogP contribution in [0.25, 0.3) is 0 Å². The lowest BCUT2D eigenvalue weighted by Gasteiger charge is -2.09. The summed E-state index contributed by atoms with van der Waals surface area (Å²) in [6.45, 7) is 9.51. The fraction of sp³-hybridized carbons (Fsp3) is 0.562. The third-order valence-corrected chi connectivity index (χ3v) is 2.94. The van der Waals surface area contributed by atoms with Gasteiger partial charge in [-0.25, -0.2) is 0 Å². The Hall–Kier alpha value is -1.35. The zero-order chi connectivity index (χ0) is 14.3. The third-order valence-electron chi connectivity index (χ3n) is 2.94. The van der Waals surface area contributed by atoms with E-state index >= 15 is 0 Å². The van der Waals surface area contributed by atoms with E-state index in [-0.39, 0.29) is 12.0 Å². The second-order valence-electron chi connectivity index (χ2n) is 5.23. The Labute approximate surface area is 116 Å². The third kappa shape index (κ3) is 6.39. The molecule has 1 amide bonds. The Bertz CT molecular complexity index is 413. The molecule has 3 heteroatoms. The maximum Gasteiger partial charge on any atom is 0.224 e. The van der Waals surface area contributed by atoms with E-state index in [0.29, 0.717) is 19.6 Å². The molecule has 0 unspecified atom stereocenters. The summed E-state index contributed by atoms with van der Waals surface area (Å²) < 4.78 is 5.42. The standard InChI is InChI=1S/C16H25NO2/c1-12(2)19-9-5-8-17-16(18)11-15-7-6-13(3)10-14(15)4/h6-7,10,12H,5,8-9,11H2,1-4H3,(H,17,18). The highest BCUT2D eigenvalue weighted by atomic mass is 16.5. The molecule has 0 spiro atoms. The summed E-state index contributed by atoms with van der Waals surface area (Å²) in [5.74, 6) is 0.0801. The lowest BCUT2D eigenvalue weighted by molar-refractivity contribution is -0.120. The van der Waals surface area contributed by atoms with Gasteiger partial charge in [-0.05, 0) is 45.2 Å². The van der Waals surface area contributed by atoms with E-state index in [9.17, 15) is 4.79 Å². The van der Waals surface area contributed by atoms with Crippen molar-refractivity contribution in [2.75, 3.05) is 13.2 Å². The highest BCUT2D eigenvalue weighted by Gasteiger charge is 2.05. The van der Waals surface area contributed by atoms with Crippen molar-refractivity contribution in [3.05, 3.63) is 34.9 Å². The number of amides is 1. The number of benzene rings is 1. The van der Waals surface area contributed by atoms with Gasteiger partial charge in [0.25, 0.3) is 0 Å². The van der Waals surface area contributed by atoms with Crippen molar-refractivity contribution in [3.63, 3.8) is 0 Å². The maximum atomic E-state index is 11.8. The highest BCUT2D eigenvalue weighted by Crippen LogP contribution is 2.10. The molecule has 0 aliphatic rings. The Morgan fingerprint density at radius 1 is 1.32 bits per heavy atom. The summed E-state index contributed by atoms with van der Waals surface area (Å²) in [6, 6.07) is 6.19. The summed E-state index contributed by atoms with van der Waals surface area (Å²) in [5.41, 5.74) is 3.51. The van der Waals surface area contributed by atoms with Crippen molar-refractivity contribution < 1.29 is 9.53 Å². The van der Waals surface area contributed by atoms with Gasteiger partial charge in [0, 0.05) is 13.2 Å². The number of aryl methyl sites for hydroxylation is 2. The minimum absolute atomic E-state index is 0.0801. The molecule has 0 bridgehead atoms. The number of carbonyl (C=O) groups is 1. The zero-order valence-electron chi connectivity index (χ0n) is 12.5. The first kappa shape index (κ1) is 15.7. The quantitative estimate of drug-likeness (QED) is 0.768. The smallest absolute Gasteiger partial charge is 0.224 e. The summed E-state index contributed by atoms with van der Waals surface area (Å²) >= 11 is 0. The first-order valence-electron chi connectivity index (χ1n) is 6.93. The molecule has 0 aliphatic carbocycles. The van der Waals surface area contributed by atoms with Gasteiger partial charge in [-0.3, -0.25) is 4.79 Å². The zero-order valence-corrected chi connectivity index (χ0v) is 12.5. The Kier molecular flexibility index (Phi) is 6.57. The van der Waals surface area contributed by atoms with Crippen LogP contribution in [0.15, 0.2) is 18.2 Å². The number of hydrogen-bond donors (Lipinski definition) is 1. The predicted octanol–water partition coefficient (Wildman–Crippen LogP) is 2.78. The molecular formula is C16H25NO2. The number of nitrogens with one attached hydrogen (secondary N) is 1. The van der Waals surface area contributed by atoms with Crippen LogP contribution in [0.4, 0.5) is 0 Å². The lowest BCUT2D eigenvalue weighted by atomic mass is 10.0. The van der Waals surface area contributed by atoms with Crippen molar-refractivity contribution in [1.82, 2.24) is 5.32 Å². The van der Waals surface area contributed by atoms with E-state index < -0.39 is 0 Å². The molecule has 0 saturated carbocycles. The van der Waals surface area contributed by atoms with E-state index in [2.05, 4.69) is 18.3 Å². The molecule has 0 aromatic heterocycles. The van der Waals surface area contributed by atoms with Crippen LogP contribution in [0.5, 0.6) is 0 Å². The van der Waals surface area contributed by atoms with Gasteiger partial charge in [-0.15, -0.1) is 0 Å². The van der Waals surface area contributed by atoms with Gasteiger partial charge >= 0.3 is 0 Å². The average molecular weight is 263 g/mol. The molecule has 3 nitrogen and oxygen atoms in total. The number of hydrogen-bond acceptors (Lipinski definition) is 2. The molecule has 0 fully saturated rings. The minimum atomic E-state index is 0.0801. The number of carbonyl (C=O) groups excluding carboxylic acids is 1. The molecule has 0 saturated heterocycles. The second-order valence-corrected chi connectivity index (χ2v) is 5.23. The van der Waals surface area contributed by atoms with Gasteiger partial charge in [0.2, 0.25) is 5.91 Å². The number of rotatable bonds is 7. The van der Waals surface area contributed by atoms with Gasteiger partial charge in [0.05, 0.1) is 12.5 Å². The predicted molar refractivity (Wildman–Crippen MR) is 78.3 cm³/mol. The van der Waals surface area contributed by atoms with E-state index in [4.69, 9.17) is 4.74 Å². The summed E-state index contributed by atoms with van der Waals surface area (Å²) in [5, 5.41) is 2.93. The van der Waals surface area contributed by atoms with Crippen molar-refractivity contribution in [2.45, 2.75) is 46.6 Å². The molecular weight excluding hydrogens is 238 g/mol. The van der Waals surface area contributed by atoms with Crippen molar-refractivity contribution in [2.24, 2.45) is 0 Å². The van der Waals surface area contributed by atoms with Crippen LogP contribution in [-0.2, 0) is 16.0 Å². The lowest BCUT2D eigenvalue weighted by Crippen LogP contribution is -2.27. The molecule has 0 atom stereocenters. The van der Waals surface area contributed by atoms with E-state index in [0.717, 1.165) is 12.0 Å². The molecule has 0 heterocycles. The topological polar surface area (TPSA) is 38.3 Å². The second kappa shape index (κ2) is 7.95. The fourth-order valence-electron chi connectivity index (χ4n) is 1.90. The van der Waals surface area contributed by atoms with Crippen LogP contribution in [0.1, 0.15) is 37.0 Å². The Balaban J connectivity index is 2.27. The van der Waals surface area contributed by atoms with Crippen LogP contribution in [-0.4, -0.2) is 25.2 Å². The van der Waals surface area contributed by atoms with E-state index in [1.54, 1.807) is 0 Å². The minimum Gasteiger partial charge on any atom is -0.379 e. The average Bonchev–Trinajstić information content (AvgIpc) is 2.32. The van der Waals surface area contributed by atoms with Crippen LogP contribution in [0, 0.1) is 13.8 Å². The van der Waals surface area contributed by atoms with Crippen LogP contribution >= 0.6 is 0 Å². The van der Waals surface area contributed by atoms with Crippen molar-refractivity contribution in [1.29, 1.82) is 0 Å². The molecule has 0 radical (unpaired) electrons.